The predicted octanol–water partition coefficient (Wildman–Crippen LogP) is 2.43. The van der Waals surface area contributed by atoms with E-state index >= 15 is 0 Å². The highest BCUT2D eigenvalue weighted by Crippen LogP contribution is 2.07. The highest BCUT2D eigenvalue weighted by atomic mass is 16.5. The van der Waals surface area contributed by atoms with Gasteiger partial charge in [0, 0.05) is 39.8 Å². The molecule has 0 aliphatic carbocycles. The van der Waals surface area contributed by atoms with Gasteiger partial charge in [0.2, 0.25) is 0 Å². The number of hydrogen-bond donors (Lipinski definition) is 2. The molecular formula is C22H28N4O3. The quantitative estimate of drug-likeness (QED) is 0.427. The summed E-state index contributed by atoms with van der Waals surface area (Å²) in [6.07, 6.45) is 0. The third-order valence-electron chi connectivity index (χ3n) is 4.22. The molecule has 0 atom stereocenters. The molecule has 0 radical (unpaired) electrons. The fourth-order valence-electron chi connectivity index (χ4n) is 2.59. The minimum absolute atomic E-state index is 0.0176. The molecule has 29 heavy (non-hydrogen) atoms. The third-order valence-corrected chi connectivity index (χ3v) is 4.22. The van der Waals surface area contributed by atoms with E-state index in [1.165, 1.54) is 0 Å². The molecule has 0 heterocycles. The van der Waals surface area contributed by atoms with Crippen LogP contribution in [0.5, 0.6) is 0 Å². The van der Waals surface area contributed by atoms with Gasteiger partial charge in [-0.05, 0) is 42.3 Å². The normalized spacial score (nSPS) is 11.0. The van der Waals surface area contributed by atoms with Crippen molar-refractivity contribution in [3.63, 3.8) is 0 Å². The van der Waals surface area contributed by atoms with Crippen molar-refractivity contribution in [2.24, 2.45) is 4.99 Å². The second kappa shape index (κ2) is 10.8. The minimum Gasteiger partial charge on any atom is -0.462 e. The molecule has 0 spiro atoms. The van der Waals surface area contributed by atoms with Crippen LogP contribution in [0, 0.1) is 0 Å². The fourth-order valence-corrected chi connectivity index (χ4v) is 2.59. The highest BCUT2D eigenvalue weighted by molar-refractivity contribution is 5.93. The molecular weight excluding hydrogens is 368 g/mol. The average Bonchev–Trinajstić information content (AvgIpc) is 2.74. The first kappa shape index (κ1) is 21.9. The minimum atomic E-state index is -0.317. The maximum atomic E-state index is 11.9. The number of amides is 1. The van der Waals surface area contributed by atoms with Crippen LogP contribution in [0.1, 0.15) is 38.8 Å². The van der Waals surface area contributed by atoms with Crippen LogP contribution in [0.3, 0.4) is 0 Å². The number of rotatable bonds is 7. The average molecular weight is 396 g/mol. The molecule has 0 aromatic heterocycles. The van der Waals surface area contributed by atoms with Crippen LogP contribution >= 0.6 is 0 Å². The molecule has 2 N–H and O–H groups in total. The third kappa shape index (κ3) is 6.64. The predicted molar refractivity (Wildman–Crippen MR) is 114 cm³/mol. The number of benzene rings is 2. The zero-order chi connectivity index (χ0) is 21.2. The standard InChI is InChI=1S/C22H28N4O3/c1-5-29-21(28)19-12-8-17(9-13-19)15-25-22(23-2)24-14-16-6-10-18(11-7-16)20(27)26(3)4/h6-13H,5,14-15H2,1-4H3,(H2,23,24,25). The molecule has 154 valence electrons. The van der Waals surface area contributed by atoms with Gasteiger partial charge in [0.1, 0.15) is 0 Å². The summed E-state index contributed by atoms with van der Waals surface area (Å²) in [4.78, 5) is 29.4. The number of ether oxygens (including phenoxy) is 1. The summed E-state index contributed by atoms with van der Waals surface area (Å²) in [7, 11) is 5.17. The van der Waals surface area contributed by atoms with Crippen LogP contribution in [0.15, 0.2) is 53.5 Å². The molecule has 0 bridgehead atoms. The lowest BCUT2D eigenvalue weighted by atomic mass is 10.1. The zero-order valence-corrected chi connectivity index (χ0v) is 17.4. The van der Waals surface area contributed by atoms with E-state index in [-0.39, 0.29) is 11.9 Å². The lowest BCUT2D eigenvalue weighted by Crippen LogP contribution is -2.36. The van der Waals surface area contributed by atoms with Crippen LogP contribution in [-0.2, 0) is 17.8 Å². The largest absolute Gasteiger partial charge is 0.462 e. The van der Waals surface area contributed by atoms with Crippen molar-refractivity contribution in [3.8, 4) is 0 Å². The van der Waals surface area contributed by atoms with Crippen LogP contribution in [0.4, 0.5) is 0 Å². The number of carbonyl (C=O) groups is 2. The van der Waals surface area contributed by atoms with Crippen LogP contribution in [0.2, 0.25) is 0 Å². The van der Waals surface area contributed by atoms with Gasteiger partial charge in [0.05, 0.1) is 12.2 Å². The molecule has 2 aromatic rings. The molecule has 2 aromatic carbocycles. The number of guanidine groups is 1. The number of nitrogens with one attached hydrogen (secondary N) is 2. The van der Waals surface area contributed by atoms with E-state index in [1.807, 2.05) is 36.4 Å². The Bertz CT molecular complexity index is 843. The smallest absolute Gasteiger partial charge is 0.338 e. The van der Waals surface area contributed by atoms with E-state index in [9.17, 15) is 9.59 Å². The summed E-state index contributed by atoms with van der Waals surface area (Å²) in [5.74, 6) is 0.326. The van der Waals surface area contributed by atoms with Gasteiger partial charge < -0.3 is 20.3 Å². The molecule has 0 saturated heterocycles. The van der Waals surface area contributed by atoms with Gasteiger partial charge in [-0.3, -0.25) is 9.79 Å². The second-order valence-corrected chi connectivity index (χ2v) is 6.59. The Kier molecular flexibility index (Phi) is 8.21. The van der Waals surface area contributed by atoms with Gasteiger partial charge in [0.25, 0.3) is 5.91 Å². The van der Waals surface area contributed by atoms with E-state index in [1.54, 1.807) is 45.1 Å². The Hall–Kier alpha value is -3.35. The Labute approximate surface area is 171 Å². The molecule has 0 saturated carbocycles. The first-order valence-corrected chi connectivity index (χ1v) is 9.45. The van der Waals surface area contributed by atoms with Crippen LogP contribution < -0.4 is 10.6 Å². The summed E-state index contributed by atoms with van der Waals surface area (Å²) < 4.78 is 4.98. The first-order chi connectivity index (χ1) is 13.9. The van der Waals surface area contributed by atoms with E-state index in [4.69, 9.17) is 4.74 Å². The van der Waals surface area contributed by atoms with Crippen molar-refractivity contribution < 1.29 is 14.3 Å². The number of hydrogen-bond acceptors (Lipinski definition) is 4. The van der Waals surface area contributed by atoms with E-state index < -0.39 is 0 Å². The maximum absolute atomic E-state index is 11.9. The van der Waals surface area contributed by atoms with Crippen molar-refractivity contribution in [2.75, 3.05) is 27.7 Å². The van der Waals surface area contributed by atoms with Crippen molar-refractivity contribution in [3.05, 3.63) is 70.8 Å². The van der Waals surface area contributed by atoms with Gasteiger partial charge in [-0.15, -0.1) is 0 Å². The SMILES string of the molecule is CCOC(=O)c1ccc(CNC(=NC)NCc2ccc(C(=O)N(C)C)cc2)cc1. The zero-order valence-electron chi connectivity index (χ0n) is 17.4. The molecule has 0 fully saturated rings. The van der Waals surface area contributed by atoms with Gasteiger partial charge in [-0.1, -0.05) is 24.3 Å². The van der Waals surface area contributed by atoms with Crippen molar-refractivity contribution in [2.45, 2.75) is 20.0 Å². The van der Waals surface area contributed by atoms with E-state index in [0.717, 1.165) is 11.1 Å². The maximum Gasteiger partial charge on any atom is 0.338 e. The molecule has 1 amide bonds. The van der Waals surface area contributed by atoms with E-state index in [2.05, 4.69) is 15.6 Å². The van der Waals surface area contributed by atoms with Gasteiger partial charge in [0.15, 0.2) is 5.96 Å². The van der Waals surface area contributed by atoms with E-state index in [0.29, 0.717) is 36.8 Å². The van der Waals surface area contributed by atoms with Gasteiger partial charge in [-0.2, -0.15) is 0 Å². The summed E-state index contributed by atoms with van der Waals surface area (Å²) in [5.41, 5.74) is 3.26. The summed E-state index contributed by atoms with van der Waals surface area (Å²) in [6, 6.07) is 14.8. The van der Waals surface area contributed by atoms with Crippen molar-refractivity contribution >= 4 is 17.8 Å². The number of nitrogens with zero attached hydrogens (tertiary/aromatic N) is 2. The van der Waals surface area contributed by atoms with Crippen LogP contribution in [0.25, 0.3) is 0 Å². The summed E-state index contributed by atoms with van der Waals surface area (Å²) in [5, 5.41) is 6.48. The molecule has 0 aliphatic rings. The Morgan fingerprint density at radius 1 is 0.897 bits per heavy atom. The monoisotopic (exact) mass is 396 g/mol. The molecule has 2 rings (SSSR count). The molecule has 7 heteroatoms. The Morgan fingerprint density at radius 2 is 1.38 bits per heavy atom. The summed E-state index contributed by atoms with van der Waals surface area (Å²) in [6.45, 7) is 3.29. The second-order valence-electron chi connectivity index (χ2n) is 6.59. The Morgan fingerprint density at radius 3 is 1.79 bits per heavy atom. The molecule has 0 unspecified atom stereocenters. The lowest BCUT2D eigenvalue weighted by Gasteiger charge is -2.13. The summed E-state index contributed by atoms with van der Waals surface area (Å²) >= 11 is 0. The van der Waals surface area contributed by atoms with Crippen LogP contribution in [-0.4, -0.2) is 50.5 Å². The van der Waals surface area contributed by atoms with Gasteiger partial charge in [-0.25, -0.2) is 4.79 Å². The lowest BCUT2D eigenvalue weighted by molar-refractivity contribution is 0.0526. The topological polar surface area (TPSA) is 83.0 Å². The van der Waals surface area contributed by atoms with Crippen molar-refractivity contribution in [1.82, 2.24) is 15.5 Å². The molecule has 0 aliphatic heterocycles. The number of aliphatic imine (C=N–C) groups is 1. The molecule has 7 nitrogen and oxygen atoms in total. The number of esters is 1. The highest BCUT2D eigenvalue weighted by Gasteiger charge is 2.08. The Balaban J connectivity index is 1.85. The first-order valence-electron chi connectivity index (χ1n) is 9.45. The number of carbonyl (C=O) groups excluding carboxylic acids is 2. The van der Waals surface area contributed by atoms with Gasteiger partial charge >= 0.3 is 5.97 Å². The fraction of sp³-hybridized carbons (Fsp3) is 0.318. The van der Waals surface area contributed by atoms with Crippen molar-refractivity contribution in [1.29, 1.82) is 0 Å².